The highest BCUT2D eigenvalue weighted by Gasteiger charge is 2.24. The molecule has 1 aromatic heterocycles. The molecule has 0 aliphatic rings. The second-order valence-electron chi connectivity index (χ2n) is 3.69. The number of aliphatic hydroxyl groups is 2. The Kier molecular flexibility index (Phi) is 3.41. The van der Waals surface area contributed by atoms with Crippen molar-refractivity contribution in [3.8, 4) is 0 Å². The first-order valence-electron chi connectivity index (χ1n) is 4.22. The van der Waals surface area contributed by atoms with Gasteiger partial charge in [-0.15, -0.1) is 11.3 Å². The third kappa shape index (κ3) is 2.76. The number of aromatic nitrogens is 1. The van der Waals surface area contributed by atoms with Crippen molar-refractivity contribution in [2.75, 3.05) is 13.2 Å². The summed E-state index contributed by atoms with van der Waals surface area (Å²) in [6, 6.07) is 0. The zero-order valence-electron chi connectivity index (χ0n) is 7.95. The summed E-state index contributed by atoms with van der Waals surface area (Å²) in [5.74, 6) is 0. The van der Waals surface area contributed by atoms with Crippen LogP contribution in [0, 0.1) is 12.3 Å². The van der Waals surface area contributed by atoms with Crippen LogP contribution in [-0.2, 0) is 6.42 Å². The summed E-state index contributed by atoms with van der Waals surface area (Å²) in [4.78, 5) is 4.29. The molecule has 1 aromatic rings. The van der Waals surface area contributed by atoms with E-state index < -0.39 is 5.41 Å². The van der Waals surface area contributed by atoms with Gasteiger partial charge in [-0.25, -0.2) is 4.98 Å². The van der Waals surface area contributed by atoms with Gasteiger partial charge in [-0.05, 0) is 6.92 Å². The van der Waals surface area contributed by atoms with Crippen molar-refractivity contribution >= 4 is 11.3 Å². The molecule has 1 heterocycles. The average Bonchev–Trinajstić information content (AvgIpc) is 2.51. The third-order valence-corrected chi connectivity index (χ3v) is 2.97. The molecule has 74 valence electrons. The smallest absolute Gasteiger partial charge is 0.0935 e. The van der Waals surface area contributed by atoms with Crippen molar-refractivity contribution in [2.45, 2.75) is 20.3 Å². The topological polar surface area (TPSA) is 53.4 Å². The number of hydrogen-bond acceptors (Lipinski definition) is 4. The van der Waals surface area contributed by atoms with E-state index >= 15 is 0 Å². The van der Waals surface area contributed by atoms with Gasteiger partial charge in [0.25, 0.3) is 0 Å². The molecule has 3 nitrogen and oxygen atoms in total. The third-order valence-electron chi connectivity index (χ3n) is 2.01. The van der Waals surface area contributed by atoms with Crippen LogP contribution in [0.1, 0.15) is 17.6 Å². The molecule has 0 bridgehead atoms. The van der Waals surface area contributed by atoms with Crippen LogP contribution >= 0.6 is 11.3 Å². The zero-order chi connectivity index (χ0) is 9.90. The van der Waals surface area contributed by atoms with Crippen molar-refractivity contribution in [3.63, 3.8) is 0 Å². The van der Waals surface area contributed by atoms with Gasteiger partial charge in [0.1, 0.15) is 0 Å². The van der Waals surface area contributed by atoms with E-state index in [0.717, 1.165) is 10.7 Å². The molecule has 0 amide bonds. The van der Waals surface area contributed by atoms with Crippen LogP contribution in [0.15, 0.2) is 5.38 Å². The molecule has 0 aliphatic heterocycles. The first-order valence-corrected chi connectivity index (χ1v) is 5.10. The fourth-order valence-corrected chi connectivity index (χ4v) is 2.00. The van der Waals surface area contributed by atoms with E-state index in [4.69, 9.17) is 10.2 Å². The van der Waals surface area contributed by atoms with Crippen LogP contribution < -0.4 is 0 Å². The Morgan fingerprint density at radius 2 is 2.08 bits per heavy atom. The highest BCUT2D eigenvalue weighted by Crippen LogP contribution is 2.23. The van der Waals surface area contributed by atoms with Crippen LogP contribution in [0.2, 0.25) is 0 Å². The van der Waals surface area contributed by atoms with Crippen molar-refractivity contribution in [1.82, 2.24) is 4.98 Å². The molecule has 0 spiro atoms. The summed E-state index contributed by atoms with van der Waals surface area (Å²) < 4.78 is 0. The Balaban J connectivity index is 2.67. The first-order chi connectivity index (χ1) is 6.09. The molecule has 13 heavy (non-hydrogen) atoms. The lowest BCUT2D eigenvalue weighted by molar-refractivity contribution is 0.0703. The lowest BCUT2D eigenvalue weighted by atomic mass is 9.89. The summed E-state index contributed by atoms with van der Waals surface area (Å²) in [6.45, 7) is 3.77. The van der Waals surface area contributed by atoms with Gasteiger partial charge in [0.15, 0.2) is 0 Å². The van der Waals surface area contributed by atoms with E-state index in [9.17, 15) is 0 Å². The molecule has 0 fully saturated rings. The van der Waals surface area contributed by atoms with Crippen molar-refractivity contribution < 1.29 is 10.2 Å². The van der Waals surface area contributed by atoms with E-state index in [1.165, 1.54) is 0 Å². The number of aliphatic hydroxyl groups excluding tert-OH is 2. The molecule has 0 radical (unpaired) electrons. The lowest BCUT2D eigenvalue weighted by Gasteiger charge is -2.22. The van der Waals surface area contributed by atoms with Gasteiger partial charge in [0.05, 0.1) is 18.2 Å². The minimum absolute atomic E-state index is 0.0118. The maximum atomic E-state index is 9.07. The summed E-state index contributed by atoms with van der Waals surface area (Å²) in [5.41, 5.74) is 0.558. The molecule has 4 heteroatoms. The molecule has 0 atom stereocenters. The fourth-order valence-electron chi connectivity index (χ4n) is 1.01. The number of rotatable bonds is 4. The van der Waals surface area contributed by atoms with Crippen LogP contribution in [0.4, 0.5) is 0 Å². The SMILES string of the molecule is Cc1csc(CC(C)(CO)CO)n1. The van der Waals surface area contributed by atoms with Crippen molar-refractivity contribution in [3.05, 3.63) is 16.1 Å². The van der Waals surface area contributed by atoms with E-state index in [1.807, 2.05) is 19.2 Å². The van der Waals surface area contributed by atoms with E-state index in [1.54, 1.807) is 11.3 Å². The molecule has 0 aromatic carbocycles. The van der Waals surface area contributed by atoms with Crippen LogP contribution in [-0.4, -0.2) is 28.4 Å². The normalized spacial score (nSPS) is 12.0. The molecule has 0 aliphatic carbocycles. The van der Waals surface area contributed by atoms with Gasteiger partial charge in [0.2, 0.25) is 0 Å². The van der Waals surface area contributed by atoms with Crippen LogP contribution in [0.5, 0.6) is 0 Å². The van der Waals surface area contributed by atoms with Crippen LogP contribution in [0.25, 0.3) is 0 Å². The Hall–Kier alpha value is -0.450. The predicted octanol–water partition coefficient (Wildman–Crippen LogP) is 0.985. The summed E-state index contributed by atoms with van der Waals surface area (Å²) in [6.07, 6.45) is 0.637. The predicted molar refractivity (Wildman–Crippen MR) is 52.8 cm³/mol. The summed E-state index contributed by atoms with van der Waals surface area (Å²) in [5, 5.41) is 21.1. The van der Waals surface area contributed by atoms with E-state index in [0.29, 0.717) is 6.42 Å². The Bertz CT molecular complexity index is 268. The van der Waals surface area contributed by atoms with Crippen molar-refractivity contribution in [1.29, 1.82) is 0 Å². The Labute approximate surface area is 82.1 Å². The standard InChI is InChI=1S/C9H15NO2S/c1-7-4-13-8(10-7)3-9(2,5-11)6-12/h4,11-12H,3,5-6H2,1-2H3. The van der Waals surface area contributed by atoms with Gasteiger partial charge >= 0.3 is 0 Å². The quantitative estimate of drug-likeness (QED) is 0.763. The molecule has 1 rings (SSSR count). The molecule has 0 saturated heterocycles. The lowest BCUT2D eigenvalue weighted by Crippen LogP contribution is -2.28. The van der Waals surface area contributed by atoms with Gasteiger partial charge < -0.3 is 10.2 Å². The molecular formula is C9H15NO2S. The average molecular weight is 201 g/mol. The van der Waals surface area contributed by atoms with Gasteiger partial charge in [-0.1, -0.05) is 6.92 Å². The minimum atomic E-state index is -0.440. The number of nitrogens with zero attached hydrogens (tertiary/aromatic N) is 1. The van der Waals surface area contributed by atoms with Gasteiger partial charge in [0, 0.05) is 22.9 Å². The molecule has 0 unspecified atom stereocenters. The number of thiazole rings is 1. The van der Waals surface area contributed by atoms with E-state index in [-0.39, 0.29) is 13.2 Å². The molecule has 2 N–H and O–H groups in total. The number of hydrogen-bond donors (Lipinski definition) is 2. The second-order valence-corrected chi connectivity index (χ2v) is 4.63. The highest BCUT2D eigenvalue weighted by molar-refractivity contribution is 7.09. The highest BCUT2D eigenvalue weighted by atomic mass is 32.1. The Morgan fingerprint density at radius 1 is 1.46 bits per heavy atom. The van der Waals surface area contributed by atoms with Crippen LogP contribution in [0.3, 0.4) is 0 Å². The monoisotopic (exact) mass is 201 g/mol. The summed E-state index contributed by atoms with van der Waals surface area (Å²) >= 11 is 1.57. The maximum absolute atomic E-state index is 9.07. The maximum Gasteiger partial charge on any atom is 0.0935 e. The second kappa shape index (κ2) is 4.17. The minimum Gasteiger partial charge on any atom is -0.396 e. The van der Waals surface area contributed by atoms with Gasteiger partial charge in [-0.3, -0.25) is 0 Å². The van der Waals surface area contributed by atoms with E-state index in [2.05, 4.69) is 4.98 Å². The molecule has 0 saturated carbocycles. The Morgan fingerprint density at radius 3 is 2.46 bits per heavy atom. The zero-order valence-corrected chi connectivity index (χ0v) is 8.77. The number of aryl methyl sites for hydroxylation is 1. The van der Waals surface area contributed by atoms with Crippen molar-refractivity contribution in [2.24, 2.45) is 5.41 Å². The first kappa shape index (κ1) is 10.6. The fraction of sp³-hybridized carbons (Fsp3) is 0.667. The largest absolute Gasteiger partial charge is 0.396 e. The molecular weight excluding hydrogens is 186 g/mol. The summed E-state index contributed by atoms with van der Waals surface area (Å²) in [7, 11) is 0. The van der Waals surface area contributed by atoms with Gasteiger partial charge in [-0.2, -0.15) is 0 Å².